The van der Waals surface area contributed by atoms with E-state index in [9.17, 15) is 18.0 Å². The molecule has 3 heterocycles. The van der Waals surface area contributed by atoms with Gasteiger partial charge in [-0.3, -0.25) is 20.3 Å². The van der Waals surface area contributed by atoms with Crippen LogP contribution in [-0.4, -0.2) is 49.5 Å². The fourth-order valence-corrected chi connectivity index (χ4v) is 2.67. The number of carbonyl (C=O) groups excluding carboxylic acids is 1. The van der Waals surface area contributed by atoms with Crippen molar-refractivity contribution in [1.29, 1.82) is 0 Å². The number of halogens is 3. The molecule has 3 rings (SSSR count). The fraction of sp³-hybridized carbons (Fsp3) is 0.316. The van der Waals surface area contributed by atoms with E-state index in [1.54, 1.807) is 48.4 Å². The topological polar surface area (TPSA) is 119 Å². The number of aryl methyl sites for hydroxylation is 1. The molecule has 0 aliphatic heterocycles. The summed E-state index contributed by atoms with van der Waals surface area (Å²) in [5, 5.41) is 7.10. The molecule has 0 aliphatic rings. The van der Waals surface area contributed by atoms with Gasteiger partial charge in [0.2, 0.25) is 11.9 Å². The third-order valence-corrected chi connectivity index (χ3v) is 4.21. The van der Waals surface area contributed by atoms with Crippen molar-refractivity contribution in [3.63, 3.8) is 0 Å². The van der Waals surface area contributed by atoms with Crippen molar-refractivity contribution < 1.29 is 22.7 Å². The number of nitrogens with zero attached hydrogens (tertiary/aromatic N) is 5. The van der Waals surface area contributed by atoms with Crippen LogP contribution in [0.25, 0.3) is 11.3 Å². The van der Waals surface area contributed by atoms with E-state index in [2.05, 4.69) is 41.0 Å². The summed E-state index contributed by atoms with van der Waals surface area (Å²) in [5.74, 6) is 0.374. The first-order valence-corrected chi connectivity index (χ1v) is 9.54. The number of aromatic nitrogens is 5. The molecule has 170 valence electrons. The Morgan fingerprint density at radius 3 is 2.66 bits per heavy atom. The lowest BCUT2D eigenvalue weighted by Crippen LogP contribution is -2.39. The van der Waals surface area contributed by atoms with Gasteiger partial charge in [-0.15, -0.1) is 0 Å². The largest absolute Gasteiger partial charge is 0.415 e. The maximum atomic E-state index is 12.9. The van der Waals surface area contributed by atoms with E-state index in [1.165, 1.54) is 13.1 Å². The Morgan fingerprint density at radius 2 is 1.97 bits per heavy atom. The predicted molar refractivity (Wildman–Crippen MR) is 110 cm³/mol. The molecule has 1 unspecified atom stereocenters. The van der Waals surface area contributed by atoms with Crippen molar-refractivity contribution in [3.05, 3.63) is 42.9 Å². The van der Waals surface area contributed by atoms with Crippen molar-refractivity contribution in [3.8, 4) is 11.3 Å². The van der Waals surface area contributed by atoms with Crippen LogP contribution in [0, 0.1) is 0 Å². The van der Waals surface area contributed by atoms with Crippen molar-refractivity contribution in [1.82, 2.24) is 30.2 Å². The summed E-state index contributed by atoms with van der Waals surface area (Å²) in [6.45, 7) is 1.26. The standard InChI is InChI=1S/C19H21F3N8O2/c1-3-32-14(19(20,21)22)11-17(31)29-28-15-10-12(4-7-23-15)13-5-8-24-18(26-13)27-16-6-9-25-30(16)2/h4-10,14H,3,11H2,1-2H3,(H,23,28)(H,29,31)(H,24,26,27). The first kappa shape index (κ1) is 22.9. The molecule has 32 heavy (non-hydrogen) atoms. The maximum absolute atomic E-state index is 12.9. The Balaban J connectivity index is 1.65. The highest BCUT2D eigenvalue weighted by Crippen LogP contribution is 2.25. The lowest BCUT2D eigenvalue weighted by Gasteiger charge is -2.19. The van der Waals surface area contributed by atoms with Crippen LogP contribution >= 0.6 is 0 Å². The average molecular weight is 450 g/mol. The minimum absolute atomic E-state index is 0.162. The molecular formula is C19H21F3N8O2. The Labute approximate surface area is 181 Å². The third kappa shape index (κ3) is 6.14. The summed E-state index contributed by atoms with van der Waals surface area (Å²) in [5.41, 5.74) is 5.92. The van der Waals surface area contributed by atoms with Crippen LogP contribution in [0.4, 0.5) is 30.8 Å². The molecule has 0 radical (unpaired) electrons. The van der Waals surface area contributed by atoms with Crippen LogP contribution in [0.2, 0.25) is 0 Å². The number of alkyl halides is 3. The second kappa shape index (κ2) is 10.0. The minimum atomic E-state index is -4.64. The lowest BCUT2D eigenvalue weighted by molar-refractivity contribution is -0.220. The van der Waals surface area contributed by atoms with Gasteiger partial charge < -0.3 is 10.1 Å². The van der Waals surface area contributed by atoms with Crippen molar-refractivity contribution in [2.24, 2.45) is 7.05 Å². The molecule has 0 aliphatic carbocycles. The van der Waals surface area contributed by atoms with Gasteiger partial charge in [-0.2, -0.15) is 18.3 Å². The number of hydrogen-bond acceptors (Lipinski definition) is 8. The Kier molecular flexibility index (Phi) is 7.20. The monoisotopic (exact) mass is 450 g/mol. The Hall–Kier alpha value is -3.74. The van der Waals surface area contributed by atoms with Crippen LogP contribution in [0.5, 0.6) is 0 Å². The molecule has 1 amide bonds. The second-order valence-electron chi connectivity index (χ2n) is 6.52. The predicted octanol–water partition coefficient (Wildman–Crippen LogP) is 2.82. The summed E-state index contributed by atoms with van der Waals surface area (Å²) < 4.78 is 44.9. The molecule has 0 aromatic carbocycles. The number of ether oxygens (including phenoxy) is 1. The van der Waals surface area contributed by atoms with E-state index >= 15 is 0 Å². The van der Waals surface area contributed by atoms with E-state index in [4.69, 9.17) is 0 Å². The van der Waals surface area contributed by atoms with Crippen molar-refractivity contribution in [2.75, 3.05) is 17.3 Å². The van der Waals surface area contributed by atoms with Gasteiger partial charge in [0.15, 0.2) is 6.10 Å². The molecule has 0 bridgehead atoms. The van der Waals surface area contributed by atoms with Crippen LogP contribution in [0.3, 0.4) is 0 Å². The molecular weight excluding hydrogens is 429 g/mol. The average Bonchev–Trinajstić information content (AvgIpc) is 3.16. The van der Waals surface area contributed by atoms with E-state index < -0.39 is 24.6 Å². The molecule has 3 aromatic rings. The second-order valence-corrected chi connectivity index (χ2v) is 6.52. The molecule has 13 heteroatoms. The quantitative estimate of drug-likeness (QED) is 0.426. The first-order valence-electron chi connectivity index (χ1n) is 9.54. The van der Waals surface area contributed by atoms with Gasteiger partial charge in [-0.1, -0.05) is 0 Å². The van der Waals surface area contributed by atoms with Crippen LogP contribution in [0.1, 0.15) is 13.3 Å². The summed E-state index contributed by atoms with van der Waals surface area (Å²) in [6.07, 6.45) is -3.02. The molecule has 3 aromatic heterocycles. The van der Waals surface area contributed by atoms with E-state index in [0.717, 1.165) is 0 Å². The van der Waals surface area contributed by atoms with Crippen molar-refractivity contribution >= 4 is 23.5 Å². The molecule has 0 fully saturated rings. The van der Waals surface area contributed by atoms with Gasteiger partial charge in [-0.25, -0.2) is 15.0 Å². The highest BCUT2D eigenvalue weighted by molar-refractivity contribution is 5.78. The molecule has 3 N–H and O–H groups in total. The SMILES string of the molecule is CCOC(CC(=O)NNc1cc(-c2ccnc(Nc3ccnn3C)n2)ccn1)C(F)(F)F. The fourth-order valence-electron chi connectivity index (χ4n) is 2.67. The molecule has 1 atom stereocenters. The molecule has 0 saturated carbocycles. The molecule has 0 spiro atoms. The zero-order chi connectivity index (χ0) is 23.1. The van der Waals surface area contributed by atoms with E-state index in [0.29, 0.717) is 23.0 Å². The number of anilines is 3. The number of nitrogens with one attached hydrogen (secondary N) is 3. The Bertz CT molecular complexity index is 1060. The van der Waals surface area contributed by atoms with E-state index in [1.807, 2.05) is 0 Å². The number of hydrogen-bond donors (Lipinski definition) is 3. The zero-order valence-corrected chi connectivity index (χ0v) is 17.2. The number of carbonyl (C=O) groups is 1. The summed E-state index contributed by atoms with van der Waals surface area (Å²) in [6, 6.07) is 6.72. The van der Waals surface area contributed by atoms with Gasteiger partial charge in [0.1, 0.15) is 11.6 Å². The summed E-state index contributed by atoms with van der Waals surface area (Å²) in [4.78, 5) is 24.6. The van der Waals surface area contributed by atoms with Gasteiger partial charge in [0.05, 0.1) is 18.3 Å². The third-order valence-electron chi connectivity index (χ3n) is 4.21. The summed E-state index contributed by atoms with van der Waals surface area (Å²) >= 11 is 0. The van der Waals surface area contributed by atoms with Crippen LogP contribution in [0.15, 0.2) is 42.9 Å². The van der Waals surface area contributed by atoms with Crippen LogP contribution in [-0.2, 0) is 16.6 Å². The van der Waals surface area contributed by atoms with Gasteiger partial charge in [0.25, 0.3) is 0 Å². The number of hydrazine groups is 1. The van der Waals surface area contributed by atoms with Gasteiger partial charge in [-0.05, 0) is 25.1 Å². The van der Waals surface area contributed by atoms with Crippen molar-refractivity contribution in [2.45, 2.75) is 25.6 Å². The Morgan fingerprint density at radius 1 is 1.19 bits per heavy atom. The maximum Gasteiger partial charge on any atom is 0.415 e. The van der Waals surface area contributed by atoms with Gasteiger partial charge >= 0.3 is 6.18 Å². The minimum Gasteiger partial charge on any atom is -0.369 e. The van der Waals surface area contributed by atoms with E-state index in [-0.39, 0.29) is 12.4 Å². The van der Waals surface area contributed by atoms with Gasteiger partial charge in [0, 0.05) is 37.7 Å². The molecule has 10 nitrogen and oxygen atoms in total. The number of rotatable bonds is 9. The lowest BCUT2D eigenvalue weighted by atomic mass is 10.2. The number of pyridine rings is 1. The zero-order valence-electron chi connectivity index (χ0n) is 17.2. The highest BCUT2D eigenvalue weighted by atomic mass is 19.4. The smallest absolute Gasteiger partial charge is 0.369 e. The summed E-state index contributed by atoms with van der Waals surface area (Å²) in [7, 11) is 1.77. The highest BCUT2D eigenvalue weighted by Gasteiger charge is 2.41. The first-order chi connectivity index (χ1) is 15.3. The number of amides is 1. The van der Waals surface area contributed by atoms with Crippen LogP contribution < -0.4 is 16.2 Å². The normalized spacial score (nSPS) is 12.3. The molecule has 0 saturated heterocycles.